The lowest BCUT2D eigenvalue weighted by Gasteiger charge is -2.22. The number of carbonyl (C=O) groups is 2. The van der Waals surface area contributed by atoms with Gasteiger partial charge in [-0.2, -0.15) is 0 Å². The van der Waals surface area contributed by atoms with Crippen LogP contribution < -0.4 is 9.96 Å². The number of hydrogen-bond donors (Lipinski definition) is 1. The Labute approximate surface area is 128 Å². The largest absolute Gasteiger partial charge is 0.463 e. The zero-order valence-corrected chi connectivity index (χ0v) is 12.3. The van der Waals surface area contributed by atoms with E-state index in [1.807, 2.05) is 13.0 Å². The highest BCUT2D eigenvalue weighted by Crippen LogP contribution is 2.18. The first kappa shape index (κ1) is 15.4. The zero-order valence-electron chi connectivity index (χ0n) is 12.3. The Bertz CT molecular complexity index is 673. The highest BCUT2D eigenvalue weighted by atomic mass is 16.7. The lowest BCUT2D eigenvalue weighted by Crippen LogP contribution is -2.38. The van der Waals surface area contributed by atoms with Crippen molar-refractivity contribution in [1.82, 2.24) is 0 Å². The second kappa shape index (κ2) is 6.62. The zero-order chi connectivity index (χ0) is 16.1. The van der Waals surface area contributed by atoms with Crippen LogP contribution in [-0.4, -0.2) is 24.3 Å². The quantitative estimate of drug-likeness (QED) is 0.859. The van der Waals surface area contributed by atoms with E-state index >= 15 is 0 Å². The van der Waals surface area contributed by atoms with Crippen molar-refractivity contribution >= 4 is 23.6 Å². The number of para-hydroxylation sites is 1. The molecule has 1 N–H and O–H groups in total. The molecule has 0 aliphatic heterocycles. The van der Waals surface area contributed by atoms with Crippen LogP contribution in [0.15, 0.2) is 54.6 Å². The van der Waals surface area contributed by atoms with E-state index < -0.39 is 12.2 Å². The van der Waals surface area contributed by atoms with Gasteiger partial charge in [-0.25, -0.2) is 9.59 Å². The molecule has 0 unspecified atom stereocenters. The van der Waals surface area contributed by atoms with Gasteiger partial charge < -0.3 is 9.94 Å². The molecule has 0 aromatic heterocycles. The van der Waals surface area contributed by atoms with E-state index in [0.29, 0.717) is 10.8 Å². The monoisotopic (exact) mass is 300 g/mol. The smallest absolute Gasteiger partial charge is 0.445 e. The van der Waals surface area contributed by atoms with Gasteiger partial charge in [0.1, 0.15) is 0 Å². The van der Waals surface area contributed by atoms with E-state index in [9.17, 15) is 14.7 Å². The fourth-order valence-corrected chi connectivity index (χ4v) is 1.85. The Hall–Kier alpha value is -3.02. The summed E-state index contributed by atoms with van der Waals surface area (Å²) in [5, 5.41) is 9.74. The van der Waals surface area contributed by atoms with Crippen molar-refractivity contribution in [3.05, 3.63) is 60.2 Å². The van der Waals surface area contributed by atoms with Crippen molar-refractivity contribution in [1.29, 1.82) is 0 Å². The summed E-state index contributed by atoms with van der Waals surface area (Å²) in [4.78, 5) is 29.6. The third kappa shape index (κ3) is 3.54. The third-order valence-electron chi connectivity index (χ3n) is 3.00. The summed E-state index contributed by atoms with van der Waals surface area (Å²) in [6.07, 6.45) is -2.17. The maximum Gasteiger partial charge on any atom is 0.445 e. The van der Waals surface area contributed by atoms with Gasteiger partial charge in [-0.15, -0.1) is 5.06 Å². The molecular weight excluding hydrogens is 284 g/mol. The van der Waals surface area contributed by atoms with E-state index in [4.69, 9.17) is 4.84 Å². The molecule has 0 spiro atoms. The van der Waals surface area contributed by atoms with Gasteiger partial charge in [0.15, 0.2) is 0 Å². The van der Waals surface area contributed by atoms with E-state index in [-0.39, 0.29) is 5.69 Å². The molecule has 0 atom stereocenters. The molecule has 2 aromatic rings. The Morgan fingerprint density at radius 2 is 1.64 bits per heavy atom. The maximum absolute atomic E-state index is 12.1. The van der Waals surface area contributed by atoms with Crippen molar-refractivity contribution in [2.24, 2.45) is 0 Å². The molecule has 0 aliphatic rings. The van der Waals surface area contributed by atoms with Gasteiger partial charge in [-0.3, -0.25) is 4.90 Å². The van der Waals surface area contributed by atoms with E-state index in [2.05, 4.69) is 0 Å². The van der Waals surface area contributed by atoms with Gasteiger partial charge >= 0.3 is 12.2 Å². The lowest BCUT2D eigenvalue weighted by atomic mass is 10.2. The first-order valence-electron chi connectivity index (χ1n) is 6.59. The molecule has 0 radical (unpaired) electrons. The SMILES string of the molecule is Cc1cccc(N(C)C(=O)ON(C(=O)O)c2ccccc2)c1. The second-order valence-corrected chi connectivity index (χ2v) is 4.67. The Balaban J connectivity index is 2.16. The molecule has 0 fully saturated rings. The van der Waals surface area contributed by atoms with Gasteiger partial charge in [0, 0.05) is 12.7 Å². The summed E-state index contributed by atoms with van der Waals surface area (Å²) < 4.78 is 0. The summed E-state index contributed by atoms with van der Waals surface area (Å²) in [6.45, 7) is 1.90. The first-order valence-corrected chi connectivity index (χ1v) is 6.59. The number of amides is 2. The van der Waals surface area contributed by atoms with Crippen molar-refractivity contribution in [3.8, 4) is 0 Å². The average Bonchev–Trinajstić information content (AvgIpc) is 2.52. The fraction of sp³-hybridized carbons (Fsp3) is 0.125. The maximum atomic E-state index is 12.1. The van der Waals surface area contributed by atoms with Crippen molar-refractivity contribution in [2.75, 3.05) is 17.0 Å². The number of anilines is 2. The fourth-order valence-electron chi connectivity index (χ4n) is 1.85. The third-order valence-corrected chi connectivity index (χ3v) is 3.00. The molecule has 6 nitrogen and oxygen atoms in total. The Morgan fingerprint density at radius 1 is 1.00 bits per heavy atom. The van der Waals surface area contributed by atoms with Crippen LogP contribution in [0, 0.1) is 6.92 Å². The van der Waals surface area contributed by atoms with E-state index in [0.717, 1.165) is 5.56 Å². The van der Waals surface area contributed by atoms with E-state index in [1.165, 1.54) is 24.1 Å². The highest BCUT2D eigenvalue weighted by Gasteiger charge is 2.23. The molecule has 2 rings (SSSR count). The minimum Gasteiger partial charge on any atom is -0.463 e. The van der Waals surface area contributed by atoms with Crippen LogP contribution in [0.1, 0.15) is 5.56 Å². The molecule has 0 saturated heterocycles. The van der Waals surface area contributed by atoms with Crippen LogP contribution in [0.5, 0.6) is 0 Å². The molecule has 0 bridgehead atoms. The van der Waals surface area contributed by atoms with Crippen LogP contribution >= 0.6 is 0 Å². The van der Waals surface area contributed by atoms with Gasteiger partial charge in [-0.05, 0) is 36.8 Å². The Morgan fingerprint density at radius 3 is 2.23 bits per heavy atom. The van der Waals surface area contributed by atoms with Crippen LogP contribution in [0.25, 0.3) is 0 Å². The number of rotatable bonds is 2. The molecule has 6 heteroatoms. The van der Waals surface area contributed by atoms with Crippen molar-refractivity contribution in [2.45, 2.75) is 6.92 Å². The standard InChI is InChI=1S/C16H16N2O4/c1-12-7-6-10-14(11-12)17(2)16(21)22-18(15(19)20)13-8-4-3-5-9-13/h3-11H,1-2H3,(H,19,20). The lowest BCUT2D eigenvalue weighted by molar-refractivity contribution is 0.123. The first-order chi connectivity index (χ1) is 10.5. The number of carbonyl (C=O) groups excluding carboxylic acids is 1. The molecule has 114 valence electrons. The number of nitrogens with zero attached hydrogens (tertiary/aromatic N) is 2. The number of aryl methyl sites for hydroxylation is 1. The summed E-state index contributed by atoms with van der Waals surface area (Å²) in [5.74, 6) is 0. The highest BCUT2D eigenvalue weighted by molar-refractivity contribution is 5.92. The summed E-state index contributed by atoms with van der Waals surface area (Å²) in [6, 6.07) is 15.4. The van der Waals surface area contributed by atoms with Crippen LogP contribution in [0.4, 0.5) is 21.0 Å². The molecule has 0 heterocycles. The summed E-state index contributed by atoms with van der Waals surface area (Å²) in [7, 11) is 1.52. The number of carboxylic acid groups (broad SMARTS) is 1. The minimum atomic E-state index is -1.38. The topological polar surface area (TPSA) is 70.1 Å². The Kier molecular flexibility index (Phi) is 4.63. The number of benzene rings is 2. The van der Waals surface area contributed by atoms with Crippen LogP contribution in [-0.2, 0) is 4.84 Å². The molecule has 0 saturated carbocycles. The van der Waals surface area contributed by atoms with Gasteiger partial charge in [0.2, 0.25) is 0 Å². The van der Waals surface area contributed by atoms with Gasteiger partial charge in [-0.1, -0.05) is 30.3 Å². The van der Waals surface area contributed by atoms with Crippen molar-refractivity contribution < 1.29 is 19.5 Å². The number of hydroxylamine groups is 1. The number of hydrogen-bond acceptors (Lipinski definition) is 3. The second-order valence-electron chi connectivity index (χ2n) is 4.67. The van der Waals surface area contributed by atoms with Crippen LogP contribution in [0.2, 0.25) is 0 Å². The van der Waals surface area contributed by atoms with Crippen LogP contribution in [0.3, 0.4) is 0 Å². The molecule has 0 aliphatic carbocycles. The predicted molar refractivity (Wildman–Crippen MR) is 83.0 cm³/mol. The summed E-state index contributed by atoms with van der Waals surface area (Å²) in [5.41, 5.74) is 1.85. The normalized spacial score (nSPS) is 9.91. The minimum absolute atomic E-state index is 0.251. The predicted octanol–water partition coefficient (Wildman–Crippen LogP) is 3.67. The van der Waals surface area contributed by atoms with Gasteiger partial charge in [0.25, 0.3) is 0 Å². The molecule has 2 amide bonds. The molecule has 22 heavy (non-hydrogen) atoms. The molecule has 2 aromatic carbocycles. The van der Waals surface area contributed by atoms with Gasteiger partial charge in [0.05, 0.1) is 5.69 Å². The average molecular weight is 300 g/mol. The van der Waals surface area contributed by atoms with E-state index in [1.54, 1.807) is 36.4 Å². The summed E-state index contributed by atoms with van der Waals surface area (Å²) >= 11 is 0. The van der Waals surface area contributed by atoms with Crippen molar-refractivity contribution in [3.63, 3.8) is 0 Å². The molecular formula is C16H16N2O4.